The second-order valence-electron chi connectivity index (χ2n) is 6.48. The fraction of sp³-hybridized carbons (Fsp3) is 0.611. The molecule has 1 aliphatic carbocycles. The van der Waals surface area contributed by atoms with Crippen LogP contribution in [0.1, 0.15) is 51.0 Å². The van der Waals surface area contributed by atoms with Crippen LogP contribution in [0.5, 0.6) is 5.75 Å². The molecule has 1 unspecified atom stereocenters. The highest BCUT2D eigenvalue weighted by Crippen LogP contribution is 2.26. The summed E-state index contributed by atoms with van der Waals surface area (Å²) in [5, 5.41) is 3.09. The Labute approximate surface area is 133 Å². The van der Waals surface area contributed by atoms with Crippen LogP contribution in [-0.4, -0.2) is 24.6 Å². The van der Waals surface area contributed by atoms with Crippen molar-refractivity contribution in [1.29, 1.82) is 0 Å². The van der Waals surface area contributed by atoms with Crippen molar-refractivity contribution in [2.24, 2.45) is 5.73 Å². The average molecular weight is 304 g/mol. The fourth-order valence-corrected chi connectivity index (χ4v) is 3.02. The Balaban J connectivity index is 1.79. The Kier molecular flexibility index (Phi) is 5.83. The van der Waals surface area contributed by atoms with Gasteiger partial charge in [0.05, 0.1) is 12.6 Å². The molecule has 4 heteroatoms. The van der Waals surface area contributed by atoms with Crippen molar-refractivity contribution in [3.8, 4) is 5.75 Å². The number of nitrogens with two attached hydrogens (primary N) is 1. The molecule has 1 atom stereocenters. The van der Waals surface area contributed by atoms with E-state index in [1.807, 2.05) is 19.1 Å². The topological polar surface area (TPSA) is 64.3 Å². The second kappa shape index (κ2) is 7.63. The van der Waals surface area contributed by atoms with Gasteiger partial charge in [-0.1, -0.05) is 31.4 Å². The van der Waals surface area contributed by atoms with Gasteiger partial charge in [-0.25, -0.2) is 0 Å². The number of rotatable bonds is 6. The molecular formula is C18H28N2O2. The lowest BCUT2D eigenvalue weighted by Crippen LogP contribution is -2.56. The standard InChI is InChI=1S/C18H28N2O2/c1-14(6-7-15-8-10-16(22-2)11-9-15)20-17(21)18(19)12-4-3-5-13-18/h8-11,14H,3-7,12-13,19H2,1-2H3,(H,20,21). The summed E-state index contributed by atoms with van der Waals surface area (Å²) in [4.78, 5) is 12.4. The minimum atomic E-state index is -0.646. The third-order valence-electron chi connectivity index (χ3n) is 4.60. The highest BCUT2D eigenvalue weighted by molar-refractivity contribution is 5.86. The van der Waals surface area contributed by atoms with Crippen LogP contribution in [-0.2, 0) is 11.2 Å². The summed E-state index contributed by atoms with van der Waals surface area (Å²) >= 11 is 0. The van der Waals surface area contributed by atoms with E-state index in [0.29, 0.717) is 0 Å². The van der Waals surface area contributed by atoms with Gasteiger partial charge in [-0.3, -0.25) is 4.79 Å². The van der Waals surface area contributed by atoms with E-state index in [4.69, 9.17) is 10.5 Å². The van der Waals surface area contributed by atoms with Crippen LogP contribution < -0.4 is 15.8 Å². The Hall–Kier alpha value is -1.55. The predicted molar refractivity (Wildman–Crippen MR) is 88.9 cm³/mol. The summed E-state index contributed by atoms with van der Waals surface area (Å²) < 4.78 is 5.15. The van der Waals surface area contributed by atoms with E-state index < -0.39 is 5.54 Å². The second-order valence-corrected chi connectivity index (χ2v) is 6.48. The zero-order valence-electron chi connectivity index (χ0n) is 13.7. The van der Waals surface area contributed by atoms with Gasteiger partial charge in [0, 0.05) is 6.04 Å². The van der Waals surface area contributed by atoms with Crippen LogP contribution in [0, 0.1) is 0 Å². The molecule has 0 bridgehead atoms. The molecule has 0 aromatic heterocycles. The van der Waals surface area contributed by atoms with Crippen LogP contribution in [0.4, 0.5) is 0 Å². The molecule has 22 heavy (non-hydrogen) atoms. The average Bonchev–Trinajstić information content (AvgIpc) is 2.54. The first-order chi connectivity index (χ1) is 10.5. The van der Waals surface area contributed by atoms with Gasteiger partial charge in [0.1, 0.15) is 5.75 Å². The summed E-state index contributed by atoms with van der Waals surface area (Å²) in [7, 11) is 1.67. The molecule has 1 aromatic rings. The number of methoxy groups -OCH3 is 1. The third-order valence-corrected chi connectivity index (χ3v) is 4.60. The maximum Gasteiger partial charge on any atom is 0.240 e. The van der Waals surface area contributed by atoms with Gasteiger partial charge in [-0.2, -0.15) is 0 Å². The molecule has 2 rings (SSSR count). The Bertz CT molecular complexity index is 478. The highest BCUT2D eigenvalue weighted by Gasteiger charge is 2.35. The molecule has 1 saturated carbocycles. The first-order valence-corrected chi connectivity index (χ1v) is 8.26. The number of amides is 1. The third kappa shape index (κ3) is 4.47. The molecule has 0 spiro atoms. The molecule has 3 N–H and O–H groups in total. The van der Waals surface area contributed by atoms with Crippen molar-refractivity contribution in [2.75, 3.05) is 7.11 Å². The summed E-state index contributed by atoms with van der Waals surface area (Å²) in [5.41, 5.74) is 6.87. The largest absolute Gasteiger partial charge is 0.497 e. The van der Waals surface area contributed by atoms with Gasteiger partial charge >= 0.3 is 0 Å². The Morgan fingerprint density at radius 3 is 2.50 bits per heavy atom. The molecule has 1 amide bonds. The molecule has 0 radical (unpaired) electrons. The lowest BCUT2D eigenvalue weighted by molar-refractivity contribution is -0.128. The van der Waals surface area contributed by atoms with Crippen LogP contribution in [0.3, 0.4) is 0 Å². The number of hydrogen-bond acceptors (Lipinski definition) is 3. The van der Waals surface area contributed by atoms with Crippen molar-refractivity contribution < 1.29 is 9.53 Å². The van der Waals surface area contributed by atoms with Crippen LogP contribution in [0.25, 0.3) is 0 Å². The molecule has 0 heterocycles. The van der Waals surface area contributed by atoms with Crippen molar-refractivity contribution in [2.45, 2.75) is 63.5 Å². The number of carbonyl (C=O) groups excluding carboxylic acids is 1. The minimum absolute atomic E-state index is 0.0226. The number of aryl methyl sites for hydroxylation is 1. The van der Waals surface area contributed by atoms with E-state index in [-0.39, 0.29) is 11.9 Å². The van der Waals surface area contributed by atoms with Crippen molar-refractivity contribution in [1.82, 2.24) is 5.32 Å². The monoisotopic (exact) mass is 304 g/mol. The van der Waals surface area contributed by atoms with E-state index in [9.17, 15) is 4.79 Å². The lowest BCUT2D eigenvalue weighted by Gasteiger charge is -2.33. The molecule has 1 fully saturated rings. The first kappa shape index (κ1) is 16.8. The van der Waals surface area contributed by atoms with Gasteiger partial charge in [0.15, 0.2) is 0 Å². The van der Waals surface area contributed by atoms with E-state index in [0.717, 1.165) is 44.3 Å². The van der Waals surface area contributed by atoms with Crippen molar-refractivity contribution in [3.05, 3.63) is 29.8 Å². The molecule has 0 aliphatic heterocycles. The number of nitrogens with one attached hydrogen (secondary N) is 1. The van der Waals surface area contributed by atoms with Gasteiger partial charge in [0.25, 0.3) is 0 Å². The zero-order valence-corrected chi connectivity index (χ0v) is 13.7. The van der Waals surface area contributed by atoms with Crippen molar-refractivity contribution in [3.63, 3.8) is 0 Å². The molecule has 1 aliphatic rings. The quantitative estimate of drug-likeness (QED) is 0.849. The summed E-state index contributed by atoms with van der Waals surface area (Å²) in [6, 6.07) is 8.21. The maximum absolute atomic E-state index is 12.4. The molecule has 1 aromatic carbocycles. The van der Waals surface area contributed by atoms with E-state index in [2.05, 4.69) is 17.4 Å². The number of benzene rings is 1. The number of ether oxygens (including phenoxy) is 1. The number of carbonyl (C=O) groups is 1. The van der Waals surface area contributed by atoms with Gasteiger partial charge < -0.3 is 15.8 Å². The van der Waals surface area contributed by atoms with Crippen LogP contribution >= 0.6 is 0 Å². The number of hydrogen-bond donors (Lipinski definition) is 2. The first-order valence-electron chi connectivity index (χ1n) is 8.26. The van der Waals surface area contributed by atoms with Gasteiger partial charge in [-0.05, 0) is 50.3 Å². The zero-order chi connectivity index (χ0) is 16.0. The molecular weight excluding hydrogens is 276 g/mol. The SMILES string of the molecule is COc1ccc(CCC(C)NC(=O)C2(N)CCCCC2)cc1. The lowest BCUT2D eigenvalue weighted by atomic mass is 9.81. The van der Waals surface area contributed by atoms with E-state index >= 15 is 0 Å². The highest BCUT2D eigenvalue weighted by atomic mass is 16.5. The van der Waals surface area contributed by atoms with Crippen LogP contribution in [0.2, 0.25) is 0 Å². The summed E-state index contributed by atoms with van der Waals surface area (Å²) in [6.45, 7) is 2.05. The fourth-order valence-electron chi connectivity index (χ4n) is 3.02. The molecule has 4 nitrogen and oxygen atoms in total. The molecule has 122 valence electrons. The van der Waals surface area contributed by atoms with Gasteiger partial charge in [0.2, 0.25) is 5.91 Å². The van der Waals surface area contributed by atoms with Crippen molar-refractivity contribution >= 4 is 5.91 Å². The minimum Gasteiger partial charge on any atom is -0.497 e. The summed E-state index contributed by atoms with van der Waals surface area (Å²) in [6.07, 6.45) is 6.78. The predicted octanol–water partition coefficient (Wildman–Crippen LogP) is 2.79. The smallest absolute Gasteiger partial charge is 0.240 e. The maximum atomic E-state index is 12.4. The Morgan fingerprint density at radius 2 is 1.91 bits per heavy atom. The van der Waals surface area contributed by atoms with Crippen LogP contribution in [0.15, 0.2) is 24.3 Å². The normalized spacial score (nSPS) is 18.5. The van der Waals surface area contributed by atoms with E-state index in [1.165, 1.54) is 12.0 Å². The Morgan fingerprint density at radius 1 is 1.27 bits per heavy atom. The molecule has 0 saturated heterocycles. The van der Waals surface area contributed by atoms with Gasteiger partial charge in [-0.15, -0.1) is 0 Å². The van der Waals surface area contributed by atoms with E-state index in [1.54, 1.807) is 7.11 Å². The summed E-state index contributed by atoms with van der Waals surface area (Å²) in [5.74, 6) is 0.891.